The Hall–Kier alpha value is -0.240. The van der Waals surface area contributed by atoms with Crippen molar-refractivity contribution in [2.75, 3.05) is 6.61 Å². The van der Waals surface area contributed by atoms with Crippen molar-refractivity contribution in [1.82, 2.24) is 5.48 Å². The molecule has 1 aliphatic heterocycles. The molecule has 0 aliphatic carbocycles. The van der Waals surface area contributed by atoms with Gasteiger partial charge in [-0.3, -0.25) is 4.84 Å². The summed E-state index contributed by atoms with van der Waals surface area (Å²) in [5, 5.41) is 27.5. The Bertz CT molecular complexity index is 177. The predicted molar refractivity (Wildman–Crippen MR) is 47.1 cm³/mol. The highest BCUT2D eigenvalue weighted by atomic mass is 16.8. The summed E-state index contributed by atoms with van der Waals surface area (Å²) in [4.78, 5) is 4.99. The van der Waals surface area contributed by atoms with Gasteiger partial charge in [-0.2, -0.15) is 5.48 Å². The van der Waals surface area contributed by atoms with E-state index in [9.17, 15) is 10.2 Å². The molecule has 4 N–H and O–H groups in total. The molecule has 1 fully saturated rings. The summed E-state index contributed by atoms with van der Waals surface area (Å²) < 4.78 is 5.05. The van der Waals surface area contributed by atoms with Crippen LogP contribution >= 0.6 is 0 Å². The SMILES string of the molecule is CC(C)NO[C@H]1O[C@H](CO)[C@H](O)[C@H]1O. The van der Waals surface area contributed by atoms with Gasteiger partial charge < -0.3 is 20.1 Å². The van der Waals surface area contributed by atoms with Crippen LogP contribution in [0.15, 0.2) is 0 Å². The lowest BCUT2D eigenvalue weighted by Gasteiger charge is -2.17. The minimum absolute atomic E-state index is 0.0797. The summed E-state index contributed by atoms with van der Waals surface area (Å²) in [5.74, 6) is 0. The van der Waals surface area contributed by atoms with E-state index in [0.717, 1.165) is 0 Å². The Morgan fingerprint density at radius 1 is 1.36 bits per heavy atom. The van der Waals surface area contributed by atoms with Gasteiger partial charge in [0.1, 0.15) is 18.3 Å². The van der Waals surface area contributed by atoms with Crippen LogP contribution in [0, 0.1) is 0 Å². The highest BCUT2D eigenvalue weighted by Gasteiger charge is 2.43. The van der Waals surface area contributed by atoms with Gasteiger partial charge in [0.25, 0.3) is 0 Å². The molecule has 0 bridgehead atoms. The van der Waals surface area contributed by atoms with E-state index in [0.29, 0.717) is 0 Å². The Kier molecular flexibility index (Phi) is 4.24. The Balaban J connectivity index is 2.40. The maximum absolute atomic E-state index is 9.42. The molecule has 1 rings (SSSR count). The van der Waals surface area contributed by atoms with Gasteiger partial charge in [-0.05, 0) is 13.8 Å². The van der Waals surface area contributed by atoms with Crippen molar-refractivity contribution in [2.24, 2.45) is 0 Å². The Labute approximate surface area is 82.4 Å². The summed E-state index contributed by atoms with van der Waals surface area (Å²) in [6.45, 7) is 3.38. The molecule has 0 radical (unpaired) electrons. The van der Waals surface area contributed by atoms with Crippen molar-refractivity contribution in [2.45, 2.75) is 44.5 Å². The van der Waals surface area contributed by atoms with Crippen molar-refractivity contribution in [1.29, 1.82) is 0 Å². The lowest BCUT2D eigenvalue weighted by molar-refractivity contribution is -0.206. The number of aliphatic hydroxyl groups excluding tert-OH is 3. The molecule has 0 spiro atoms. The first-order valence-electron chi connectivity index (χ1n) is 4.60. The number of ether oxygens (including phenoxy) is 1. The number of aliphatic hydroxyl groups is 3. The molecule has 0 unspecified atom stereocenters. The predicted octanol–water partition coefficient (Wildman–Crippen LogP) is -1.64. The van der Waals surface area contributed by atoms with Crippen LogP contribution in [0.3, 0.4) is 0 Å². The summed E-state index contributed by atoms with van der Waals surface area (Å²) >= 11 is 0. The molecule has 0 saturated carbocycles. The van der Waals surface area contributed by atoms with Gasteiger partial charge in [0, 0.05) is 6.04 Å². The van der Waals surface area contributed by atoms with Crippen molar-refractivity contribution in [3.05, 3.63) is 0 Å². The van der Waals surface area contributed by atoms with Gasteiger partial charge in [-0.15, -0.1) is 0 Å². The molecular weight excluding hydrogens is 190 g/mol. The molecule has 0 aromatic heterocycles. The summed E-state index contributed by atoms with van der Waals surface area (Å²) in [6.07, 6.45) is -3.98. The zero-order chi connectivity index (χ0) is 10.7. The first kappa shape index (κ1) is 11.8. The Morgan fingerprint density at radius 3 is 2.43 bits per heavy atom. The van der Waals surface area contributed by atoms with Crippen molar-refractivity contribution in [3.8, 4) is 0 Å². The number of hydrogen-bond donors (Lipinski definition) is 4. The molecule has 14 heavy (non-hydrogen) atoms. The second-order valence-corrected chi connectivity index (χ2v) is 3.60. The third kappa shape index (κ3) is 2.63. The van der Waals surface area contributed by atoms with Crippen LogP contribution in [0.4, 0.5) is 0 Å². The molecule has 1 aliphatic rings. The van der Waals surface area contributed by atoms with E-state index in [1.807, 2.05) is 13.8 Å². The van der Waals surface area contributed by atoms with Crippen LogP contribution in [0.1, 0.15) is 13.8 Å². The average molecular weight is 207 g/mol. The number of rotatable bonds is 4. The zero-order valence-electron chi connectivity index (χ0n) is 8.25. The second-order valence-electron chi connectivity index (χ2n) is 3.60. The van der Waals surface area contributed by atoms with Crippen molar-refractivity contribution >= 4 is 0 Å². The summed E-state index contributed by atoms with van der Waals surface area (Å²) in [7, 11) is 0. The van der Waals surface area contributed by atoms with E-state index in [4.69, 9.17) is 14.7 Å². The smallest absolute Gasteiger partial charge is 0.206 e. The largest absolute Gasteiger partial charge is 0.394 e. The number of hydroxylamine groups is 1. The van der Waals surface area contributed by atoms with E-state index < -0.39 is 24.6 Å². The normalized spacial score (nSPS) is 38.1. The van der Waals surface area contributed by atoms with Gasteiger partial charge in [-0.25, -0.2) is 0 Å². The van der Waals surface area contributed by atoms with Gasteiger partial charge in [-0.1, -0.05) is 0 Å². The molecule has 6 heteroatoms. The van der Waals surface area contributed by atoms with Gasteiger partial charge in [0.05, 0.1) is 6.61 Å². The first-order chi connectivity index (χ1) is 6.56. The van der Waals surface area contributed by atoms with Crippen LogP contribution in [0.2, 0.25) is 0 Å². The van der Waals surface area contributed by atoms with E-state index in [1.165, 1.54) is 0 Å². The molecule has 0 aromatic carbocycles. The highest BCUT2D eigenvalue weighted by Crippen LogP contribution is 2.21. The average Bonchev–Trinajstić information content (AvgIpc) is 2.41. The van der Waals surface area contributed by atoms with Crippen LogP contribution < -0.4 is 5.48 Å². The van der Waals surface area contributed by atoms with E-state index in [-0.39, 0.29) is 12.6 Å². The summed E-state index contributed by atoms with van der Waals surface area (Å²) in [5.41, 5.74) is 2.61. The minimum atomic E-state index is -1.14. The van der Waals surface area contributed by atoms with E-state index in [2.05, 4.69) is 5.48 Å². The summed E-state index contributed by atoms with van der Waals surface area (Å²) in [6, 6.07) is 0.0797. The molecule has 0 aromatic rings. The molecule has 1 saturated heterocycles. The second kappa shape index (κ2) is 5.01. The fourth-order valence-electron chi connectivity index (χ4n) is 1.17. The quantitative estimate of drug-likeness (QED) is 0.413. The maximum Gasteiger partial charge on any atom is 0.206 e. The zero-order valence-corrected chi connectivity index (χ0v) is 8.25. The van der Waals surface area contributed by atoms with Crippen LogP contribution in [-0.4, -0.2) is 52.6 Å². The fourth-order valence-corrected chi connectivity index (χ4v) is 1.17. The third-order valence-electron chi connectivity index (χ3n) is 1.92. The minimum Gasteiger partial charge on any atom is -0.394 e. The standard InChI is InChI=1S/C8H17NO5/c1-4(2)9-14-8-7(12)6(11)5(3-10)13-8/h4-12H,3H2,1-2H3/t5-,6+,7-,8-/m1/s1. The lowest BCUT2D eigenvalue weighted by Crippen LogP contribution is -2.38. The van der Waals surface area contributed by atoms with E-state index in [1.54, 1.807) is 0 Å². The topological polar surface area (TPSA) is 91.2 Å². The van der Waals surface area contributed by atoms with Gasteiger partial charge in [0.2, 0.25) is 6.29 Å². The molecule has 4 atom stereocenters. The lowest BCUT2D eigenvalue weighted by atomic mass is 10.1. The molecule has 0 amide bonds. The van der Waals surface area contributed by atoms with Crippen LogP contribution in [0.5, 0.6) is 0 Å². The van der Waals surface area contributed by atoms with Gasteiger partial charge >= 0.3 is 0 Å². The van der Waals surface area contributed by atoms with Gasteiger partial charge in [0.15, 0.2) is 0 Å². The fraction of sp³-hybridized carbons (Fsp3) is 1.00. The molecule has 6 nitrogen and oxygen atoms in total. The van der Waals surface area contributed by atoms with Crippen LogP contribution in [0.25, 0.3) is 0 Å². The first-order valence-corrected chi connectivity index (χ1v) is 4.60. The third-order valence-corrected chi connectivity index (χ3v) is 1.92. The van der Waals surface area contributed by atoms with E-state index >= 15 is 0 Å². The highest BCUT2D eigenvalue weighted by molar-refractivity contribution is 4.85. The number of nitrogens with one attached hydrogen (secondary N) is 1. The monoisotopic (exact) mass is 207 g/mol. The number of hydrogen-bond acceptors (Lipinski definition) is 6. The van der Waals surface area contributed by atoms with Crippen molar-refractivity contribution in [3.63, 3.8) is 0 Å². The Morgan fingerprint density at radius 2 is 2.00 bits per heavy atom. The molecular formula is C8H17NO5. The molecule has 84 valence electrons. The van der Waals surface area contributed by atoms with Crippen LogP contribution in [-0.2, 0) is 9.57 Å². The van der Waals surface area contributed by atoms with Crippen molar-refractivity contribution < 1.29 is 24.9 Å². The molecule has 1 heterocycles. The maximum atomic E-state index is 9.42.